The minimum absolute atomic E-state index is 0.321. The minimum Gasteiger partial charge on any atom is -0.391 e. The number of ether oxygens (including phenoxy) is 1. The van der Waals surface area contributed by atoms with E-state index in [1.165, 1.54) is 25.7 Å². The van der Waals surface area contributed by atoms with E-state index in [2.05, 4.69) is 12.2 Å². The smallest absolute Gasteiger partial charge is 0.0785 e. The second-order valence-electron chi connectivity index (χ2n) is 4.69. The van der Waals surface area contributed by atoms with Crippen molar-refractivity contribution in [1.29, 1.82) is 0 Å². The molecule has 15 heavy (non-hydrogen) atoms. The normalized spacial score (nSPS) is 21.8. The summed E-state index contributed by atoms with van der Waals surface area (Å²) in [7, 11) is 1.62. The zero-order valence-electron chi connectivity index (χ0n) is 10.0. The summed E-state index contributed by atoms with van der Waals surface area (Å²) in [6.45, 7) is 3.60. The average Bonchev–Trinajstić information content (AvgIpc) is 2.70. The van der Waals surface area contributed by atoms with Gasteiger partial charge in [-0.2, -0.15) is 0 Å². The van der Waals surface area contributed by atoms with Gasteiger partial charge in [0.2, 0.25) is 0 Å². The van der Waals surface area contributed by atoms with E-state index < -0.39 is 0 Å². The molecule has 0 aliphatic heterocycles. The van der Waals surface area contributed by atoms with Gasteiger partial charge in [-0.1, -0.05) is 12.8 Å². The molecule has 1 saturated carbocycles. The van der Waals surface area contributed by atoms with Gasteiger partial charge in [0.1, 0.15) is 0 Å². The molecule has 1 fully saturated rings. The van der Waals surface area contributed by atoms with Crippen LogP contribution in [-0.2, 0) is 4.74 Å². The van der Waals surface area contributed by atoms with Crippen LogP contribution in [-0.4, -0.2) is 37.5 Å². The third kappa shape index (κ3) is 4.96. The monoisotopic (exact) mass is 215 g/mol. The van der Waals surface area contributed by atoms with Crippen molar-refractivity contribution in [2.75, 3.05) is 20.3 Å². The van der Waals surface area contributed by atoms with Gasteiger partial charge in [0.25, 0.3) is 0 Å². The summed E-state index contributed by atoms with van der Waals surface area (Å²) in [5.74, 6) is 0.851. The molecule has 1 rings (SSSR count). The third-order valence-corrected chi connectivity index (χ3v) is 3.41. The van der Waals surface area contributed by atoms with Crippen molar-refractivity contribution < 1.29 is 9.84 Å². The number of nitrogens with one attached hydrogen (secondary N) is 1. The third-order valence-electron chi connectivity index (χ3n) is 3.41. The van der Waals surface area contributed by atoms with Crippen molar-refractivity contribution in [3.63, 3.8) is 0 Å². The van der Waals surface area contributed by atoms with Gasteiger partial charge in [-0.05, 0) is 38.6 Å². The second kappa shape index (κ2) is 7.20. The first-order valence-electron chi connectivity index (χ1n) is 6.14. The Bertz CT molecular complexity index is 158. The molecule has 3 nitrogen and oxygen atoms in total. The molecule has 0 aromatic rings. The van der Waals surface area contributed by atoms with E-state index >= 15 is 0 Å². The van der Waals surface area contributed by atoms with Gasteiger partial charge in [-0.3, -0.25) is 0 Å². The van der Waals surface area contributed by atoms with Gasteiger partial charge in [-0.15, -0.1) is 0 Å². The van der Waals surface area contributed by atoms with Gasteiger partial charge in [-0.25, -0.2) is 0 Å². The first-order valence-corrected chi connectivity index (χ1v) is 6.14. The standard InChI is InChI=1S/C12H25NO2/c1-10(11-5-3-4-6-11)13-8-7-12(14)9-15-2/h10-14H,3-9H2,1-2H3. The molecular weight excluding hydrogens is 190 g/mol. The molecule has 0 saturated heterocycles. The van der Waals surface area contributed by atoms with Crippen molar-refractivity contribution in [3.05, 3.63) is 0 Å². The van der Waals surface area contributed by atoms with Gasteiger partial charge < -0.3 is 15.2 Å². The molecule has 2 N–H and O–H groups in total. The highest BCUT2D eigenvalue weighted by atomic mass is 16.5. The number of aliphatic hydroxyl groups excluding tert-OH is 1. The maximum Gasteiger partial charge on any atom is 0.0785 e. The van der Waals surface area contributed by atoms with Gasteiger partial charge >= 0.3 is 0 Å². The largest absolute Gasteiger partial charge is 0.391 e. The van der Waals surface area contributed by atoms with Crippen molar-refractivity contribution in [3.8, 4) is 0 Å². The van der Waals surface area contributed by atoms with Crippen LogP contribution < -0.4 is 5.32 Å². The van der Waals surface area contributed by atoms with Crippen molar-refractivity contribution in [2.45, 2.75) is 51.2 Å². The summed E-state index contributed by atoms with van der Waals surface area (Å²) in [5.41, 5.74) is 0. The number of hydrogen-bond donors (Lipinski definition) is 2. The lowest BCUT2D eigenvalue weighted by molar-refractivity contribution is 0.0587. The fourth-order valence-corrected chi connectivity index (χ4v) is 2.38. The molecule has 3 heteroatoms. The Balaban J connectivity index is 2.03. The van der Waals surface area contributed by atoms with E-state index in [9.17, 15) is 5.11 Å². The van der Waals surface area contributed by atoms with E-state index in [4.69, 9.17) is 4.74 Å². The Morgan fingerprint density at radius 1 is 1.40 bits per heavy atom. The summed E-state index contributed by atoms with van der Waals surface area (Å²) in [6.07, 6.45) is 5.98. The predicted molar refractivity (Wildman–Crippen MR) is 61.9 cm³/mol. The summed E-state index contributed by atoms with van der Waals surface area (Å²) in [6, 6.07) is 0.599. The van der Waals surface area contributed by atoms with E-state index in [1.54, 1.807) is 7.11 Å². The number of rotatable bonds is 7. The zero-order valence-corrected chi connectivity index (χ0v) is 10.0. The van der Waals surface area contributed by atoms with Gasteiger partial charge in [0.15, 0.2) is 0 Å². The lowest BCUT2D eigenvalue weighted by Crippen LogP contribution is -2.34. The Morgan fingerprint density at radius 2 is 2.07 bits per heavy atom. The van der Waals surface area contributed by atoms with Crippen LogP contribution in [0.5, 0.6) is 0 Å². The van der Waals surface area contributed by atoms with Crippen LogP contribution in [0, 0.1) is 5.92 Å². The Hall–Kier alpha value is -0.120. The summed E-state index contributed by atoms with van der Waals surface area (Å²) >= 11 is 0. The van der Waals surface area contributed by atoms with Crippen LogP contribution in [0.25, 0.3) is 0 Å². The van der Waals surface area contributed by atoms with Crippen LogP contribution in [0.15, 0.2) is 0 Å². The fraction of sp³-hybridized carbons (Fsp3) is 1.00. The second-order valence-corrected chi connectivity index (χ2v) is 4.69. The number of methoxy groups -OCH3 is 1. The van der Waals surface area contributed by atoms with E-state index in [0.717, 1.165) is 18.9 Å². The molecule has 2 unspecified atom stereocenters. The van der Waals surface area contributed by atoms with E-state index in [0.29, 0.717) is 12.6 Å². The van der Waals surface area contributed by atoms with Crippen LogP contribution in [0.1, 0.15) is 39.0 Å². The van der Waals surface area contributed by atoms with Crippen molar-refractivity contribution in [1.82, 2.24) is 5.32 Å². The van der Waals surface area contributed by atoms with Crippen LogP contribution in [0.4, 0.5) is 0 Å². The molecule has 1 aliphatic carbocycles. The Morgan fingerprint density at radius 3 is 2.67 bits per heavy atom. The minimum atomic E-state index is -0.321. The van der Waals surface area contributed by atoms with Crippen LogP contribution in [0.3, 0.4) is 0 Å². The van der Waals surface area contributed by atoms with Crippen LogP contribution >= 0.6 is 0 Å². The lowest BCUT2D eigenvalue weighted by Gasteiger charge is -2.21. The van der Waals surface area contributed by atoms with Gasteiger partial charge in [0.05, 0.1) is 12.7 Å². The molecule has 0 heterocycles. The molecule has 2 atom stereocenters. The predicted octanol–water partition coefficient (Wildman–Crippen LogP) is 1.55. The summed E-state index contributed by atoms with van der Waals surface area (Å²) < 4.78 is 4.88. The summed E-state index contributed by atoms with van der Waals surface area (Å²) in [4.78, 5) is 0. The molecule has 0 bridgehead atoms. The zero-order chi connectivity index (χ0) is 11.1. The highest BCUT2D eigenvalue weighted by Gasteiger charge is 2.20. The first-order chi connectivity index (χ1) is 7.24. The van der Waals surface area contributed by atoms with Gasteiger partial charge in [0, 0.05) is 13.2 Å². The molecule has 0 spiro atoms. The average molecular weight is 215 g/mol. The van der Waals surface area contributed by atoms with Crippen molar-refractivity contribution >= 4 is 0 Å². The molecular formula is C12H25NO2. The van der Waals surface area contributed by atoms with E-state index in [-0.39, 0.29) is 6.10 Å². The Labute approximate surface area is 93.2 Å². The first kappa shape index (κ1) is 12.9. The molecule has 90 valence electrons. The van der Waals surface area contributed by atoms with Crippen molar-refractivity contribution in [2.24, 2.45) is 5.92 Å². The summed E-state index contributed by atoms with van der Waals surface area (Å²) in [5, 5.41) is 13.0. The Kier molecular flexibility index (Phi) is 6.22. The SMILES string of the molecule is COCC(O)CCNC(C)C1CCCC1. The topological polar surface area (TPSA) is 41.5 Å². The molecule has 0 radical (unpaired) electrons. The quantitative estimate of drug-likeness (QED) is 0.677. The molecule has 0 amide bonds. The molecule has 0 aromatic heterocycles. The number of aliphatic hydroxyl groups is 1. The highest BCUT2D eigenvalue weighted by molar-refractivity contribution is 4.77. The fourth-order valence-electron chi connectivity index (χ4n) is 2.38. The highest BCUT2D eigenvalue weighted by Crippen LogP contribution is 2.27. The molecule has 0 aromatic carbocycles. The van der Waals surface area contributed by atoms with Crippen LogP contribution in [0.2, 0.25) is 0 Å². The molecule has 1 aliphatic rings. The van der Waals surface area contributed by atoms with E-state index in [1.807, 2.05) is 0 Å². The maximum absolute atomic E-state index is 9.46. The maximum atomic E-state index is 9.46. The lowest BCUT2D eigenvalue weighted by atomic mass is 10.00. The number of hydrogen-bond acceptors (Lipinski definition) is 3.